The third kappa shape index (κ3) is 1.62. The Balaban J connectivity index is 2.06. The molecule has 2 rings (SSSR count). The molecule has 1 aliphatic rings. The normalized spacial score (nSPS) is 27.9. The second-order valence-electron chi connectivity index (χ2n) is 4.26. The molecular weight excluding hydrogens is 208 g/mol. The highest BCUT2D eigenvalue weighted by Crippen LogP contribution is 2.45. The number of carbonyl (C=O) groups is 1. The summed E-state index contributed by atoms with van der Waals surface area (Å²) >= 11 is 0. The SMILES string of the molecule is CC1CC(C#N)(C(=O)Nc2nnn(C)n2)C1. The number of aromatic nitrogens is 4. The van der Waals surface area contributed by atoms with Crippen molar-refractivity contribution in [2.75, 3.05) is 5.32 Å². The van der Waals surface area contributed by atoms with Crippen LogP contribution in [0.4, 0.5) is 5.95 Å². The number of carbonyl (C=O) groups excluding carboxylic acids is 1. The molecule has 0 atom stereocenters. The van der Waals surface area contributed by atoms with E-state index in [0.717, 1.165) is 0 Å². The lowest BCUT2D eigenvalue weighted by Gasteiger charge is -2.38. The Morgan fingerprint density at radius 2 is 2.38 bits per heavy atom. The zero-order valence-corrected chi connectivity index (χ0v) is 9.14. The van der Waals surface area contributed by atoms with Gasteiger partial charge in [0.1, 0.15) is 5.41 Å². The van der Waals surface area contributed by atoms with Gasteiger partial charge in [-0.1, -0.05) is 12.0 Å². The van der Waals surface area contributed by atoms with Gasteiger partial charge in [-0.05, 0) is 24.0 Å². The van der Waals surface area contributed by atoms with Crippen molar-refractivity contribution >= 4 is 11.9 Å². The van der Waals surface area contributed by atoms with E-state index in [1.165, 1.54) is 4.80 Å². The van der Waals surface area contributed by atoms with Gasteiger partial charge < -0.3 is 0 Å². The van der Waals surface area contributed by atoms with Gasteiger partial charge in [0.2, 0.25) is 5.91 Å². The molecule has 1 N–H and O–H groups in total. The Hall–Kier alpha value is -1.97. The molecule has 0 aliphatic heterocycles. The van der Waals surface area contributed by atoms with Crippen LogP contribution in [0.3, 0.4) is 0 Å². The minimum Gasteiger partial charge on any atom is -0.290 e. The van der Waals surface area contributed by atoms with Crippen molar-refractivity contribution in [3.05, 3.63) is 0 Å². The zero-order chi connectivity index (χ0) is 11.8. The molecule has 1 aromatic heterocycles. The molecule has 84 valence electrons. The second-order valence-corrected chi connectivity index (χ2v) is 4.26. The van der Waals surface area contributed by atoms with Crippen LogP contribution in [0.1, 0.15) is 19.8 Å². The van der Waals surface area contributed by atoms with E-state index in [2.05, 4.69) is 26.8 Å². The summed E-state index contributed by atoms with van der Waals surface area (Å²) in [6.07, 6.45) is 1.19. The highest BCUT2D eigenvalue weighted by atomic mass is 16.2. The Morgan fingerprint density at radius 1 is 1.69 bits per heavy atom. The number of hydrogen-bond acceptors (Lipinski definition) is 5. The first-order valence-electron chi connectivity index (χ1n) is 5.02. The molecule has 0 spiro atoms. The van der Waals surface area contributed by atoms with Crippen LogP contribution in [0.25, 0.3) is 0 Å². The molecule has 0 aromatic carbocycles. The van der Waals surface area contributed by atoms with E-state index < -0.39 is 5.41 Å². The van der Waals surface area contributed by atoms with Crippen molar-refractivity contribution in [1.29, 1.82) is 5.26 Å². The molecule has 1 aromatic rings. The molecule has 1 heterocycles. The fourth-order valence-electron chi connectivity index (χ4n) is 2.01. The monoisotopic (exact) mass is 220 g/mol. The molecule has 16 heavy (non-hydrogen) atoms. The number of rotatable bonds is 2. The van der Waals surface area contributed by atoms with Crippen LogP contribution >= 0.6 is 0 Å². The van der Waals surface area contributed by atoms with Crippen LogP contribution in [0, 0.1) is 22.7 Å². The van der Waals surface area contributed by atoms with E-state index in [9.17, 15) is 4.79 Å². The molecule has 1 amide bonds. The van der Waals surface area contributed by atoms with Gasteiger partial charge in [0.15, 0.2) is 0 Å². The maximum atomic E-state index is 11.9. The number of nitrogens with one attached hydrogen (secondary N) is 1. The van der Waals surface area contributed by atoms with E-state index in [-0.39, 0.29) is 11.9 Å². The molecule has 0 unspecified atom stereocenters. The summed E-state index contributed by atoms with van der Waals surface area (Å²) < 4.78 is 0. The average molecular weight is 220 g/mol. The second kappa shape index (κ2) is 3.56. The number of amides is 1. The molecular formula is C9H12N6O. The Bertz CT molecular complexity index is 453. The van der Waals surface area contributed by atoms with Crippen LogP contribution in [-0.4, -0.2) is 26.1 Å². The molecule has 1 fully saturated rings. The topological polar surface area (TPSA) is 96.5 Å². The van der Waals surface area contributed by atoms with Gasteiger partial charge in [0.05, 0.1) is 13.1 Å². The Labute approximate surface area is 92.4 Å². The molecule has 0 radical (unpaired) electrons. The summed E-state index contributed by atoms with van der Waals surface area (Å²) in [5.41, 5.74) is -0.904. The van der Waals surface area contributed by atoms with E-state index in [1.807, 2.05) is 6.92 Å². The third-order valence-electron chi connectivity index (χ3n) is 2.78. The van der Waals surface area contributed by atoms with Crippen LogP contribution in [0.2, 0.25) is 0 Å². The first-order valence-corrected chi connectivity index (χ1v) is 5.02. The van der Waals surface area contributed by atoms with Gasteiger partial charge in [0.25, 0.3) is 5.95 Å². The molecule has 7 heteroatoms. The summed E-state index contributed by atoms with van der Waals surface area (Å²) in [5.74, 6) is 0.225. The fourth-order valence-corrected chi connectivity index (χ4v) is 2.01. The smallest absolute Gasteiger partial charge is 0.270 e. The van der Waals surface area contributed by atoms with Crippen LogP contribution in [-0.2, 0) is 11.8 Å². The van der Waals surface area contributed by atoms with E-state index in [1.54, 1.807) is 7.05 Å². The van der Waals surface area contributed by atoms with Crippen LogP contribution in [0.5, 0.6) is 0 Å². The lowest BCUT2D eigenvalue weighted by Crippen LogP contribution is -2.45. The van der Waals surface area contributed by atoms with Crippen LogP contribution < -0.4 is 5.32 Å². The van der Waals surface area contributed by atoms with E-state index >= 15 is 0 Å². The lowest BCUT2D eigenvalue weighted by molar-refractivity contribution is -0.128. The summed E-state index contributed by atoms with van der Waals surface area (Å²) in [7, 11) is 1.61. The first kappa shape index (κ1) is 10.5. The van der Waals surface area contributed by atoms with Gasteiger partial charge in [-0.2, -0.15) is 10.1 Å². The minimum absolute atomic E-state index is 0.140. The third-order valence-corrected chi connectivity index (χ3v) is 2.78. The number of hydrogen-bond donors (Lipinski definition) is 1. The number of nitriles is 1. The largest absolute Gasteiger partial charge is 0.290 e. The quantitative estimate of drug-likeness (QED) is 0.761. The maximum Gasteiger partial charge on any atom is 0.270 e. The average Bonchev–Trinajstić information content (AvgIpc) is 2.58. The summed E-state index contributed by atoms with van der Waals surface area (Å²) in [6.45, 7) is 2.02. The lowest BCUT2D eigenvalue weighted by atomic mass is 9.63. The standard InChI is InChI=1S/C9H12N6O/c1-6-3-9(4-6,5-10)7(16)11-8-12-14-15(2)13-8/h6H,3-4H2,1-2H3,(H,11,13,16). The van der Waals surface area contributed by atoms with Gasteiger partial charge in [-0.3, -0.25) is 10.1 Å². The number of tetrazole rings is 1. The maximum absolute atomic E-state index is 11.9. The molecule has 7 nitrogen and oxygen atoms in total. The van der Waals surface area contributed by atoms with Crippen molar-refractivity contribution in [2.45, 2.75) is 19.8 Å². The predicted octanol–water partition coefficient (Wildman–Crippen LogP) is 0.0885. The van der Waals surface area contributed by atoms with Gasteiger partial charge in [0, 0.05) is 0 Å². The highest BCUT2D eigenvalue weighted by molar-refractivity contribution is 5.96. The fraction of sp³-hybridized carbons (Fsp3) is 0.667. The number of nitrogens with zero attached hydrogens (tertiary/aromatic N) is 5. The van der Waals surface area contributed by atoms with Gasteiger partial charge in [-0.25, -0.2) is 0 Å². The summed E-state index contributed by atoms with van der Waals surface area (Å²) in [6, 6.07) is 2.08. The van der Waals surface area contributed by atoms with Gasteiger partial charge >= 0.3 is 0 Å². The van der Waals surface area contributed by atoms with Crippen molar-refractivity contribution in [3.63, 3.8) is 0 Å². The van der Waals surface area contributed by atoms with Crippen molar-refractivity contribution < 1.29 is 4.79 Å². The Morgan fingerprint density at radius 3 is 2.81 bits per heavy atom. The molecule has 0 saturated heterocycles. The highest BCUT2D eigenvalue weighted by Gasteiger charge is 2.49. The summed E-state index contributed by atoms with van der Waals surface area (Å²) in [5, 5.41) is 22.6. The predicted molar refractivity (Wildman–Crippen MR) is 53.9 cm³/mol. The molecule has 1 saturated carbocycles. The summed E-state index contributed by atoms with van der Waals surface area (Å²) in [4.78, 5) is 13.1. The zero-order valence-electron chi connectivity index (χ0n) is 9.14. The van der Waals surface area contributed by atoms with Crippen molar-refractivity contribution in [1.82, 2.24) is 20.2 Å². The van der Waals surface area contributed by atoms with Crippen molar-refractivity contribution in [3.8, 4) is 6.07 Å². The first-order chi connectivity index (χ1) is 7.55. The number of anilines is 1. The Kier molecular flexibility index (Phi) is 2.34. The molecule has 1 aliphatic carbocycles. The number of aryl methyl sites for hydroxylation is 1. The van der Waals surface area contributed by atoms with Crippen LogP contribution in [0.15, 0.2) is 0 Å². The van der Waals surface area contributed by atoms with E-state index in [4.69, 9.17) is 5.26 Å². The van der Waals surface area contributed by atoms with E-state index in [0.29, 0.717) is 18.8 Å². The van der Waals surface area contributed by atoms with Crippen molar-refractivity contribution in [2.24, 2.45) is 18.4 Å². The minimum atomic E-state index is -0.904. The van der Waals surface area contributed by atoms with Gasteiger partial charge in [-0.15, -0.1) is 5.10 Å². The molecule has 0 bridgehead atoms.